The first kappa shape index (κ1) is 13.1. The number of thioether (sulfide) groups is 1. The van der Waals surface area contributed by atoms with E-state index in [1.807, 2.05) is 23.3 Å². The summed E-state index contributed by atoms with van der Waals surface area (Å²) in [6.45, 7) is 4.87. The molecule has 0 bridgehead atoms. The van der Waals surface area contributed by atoms with Crippen molar-refractivity contribution in [3.8, 4) is 0 Å². The Morgan fingerprint density at radius 2 is 2.38 bits per heavy atom. The van der Waals surface area contributed by atoms with Gasteiger partial charge in [0.25, 0.3) is 0 Å². The van der Waals surface area contributed by atoms with E-state index in [-0.39, 0.29) is 5.97 Å². The molecule has 1 rings (SSSR count). The molecule has 5 heteroatoms. The van der Waals surface area contributed by atoms with Gasteiger partial charge in [0.05, 0.1) is 13.3 Å². The molecule has 0 unspecified atom stereocenters. The van der Waals surface area contributed by atoms with E-state index in [0.717, 1.165) is 30.3 Å². The lowest BCUT2D eigenvalue weighted by Crippen LogP contribution is -2.12. The molecular weight excluding hydrogens is 224 g/mol. The van der Waals surface area contributed by atoms with E-state index >= 15 is 0 Å². The van der Waals surface area contributed by atoms with Crippen LogP contribution >= 0.6 is 11.8 Å². The van der Waals surface area contributed by atoms with Gasteiger partial charge in [0, 0.05) is 6.54 Å². The number of hydrogen-bond acceptors (Lipinski definition) is 4. The molecule has 0 aliphatic heterocycles. The lowest BCUT2D eigenvalue weighted by molar-refractivity contribution is 0.0588. The Bertz CT molecular complexity index is 350. The van der Waals surface area contributed by atoms with Crippen LogP contribution in [0.5, 0.6) is 0 Å². The third kappa shape index (κ3) is 3.27. The SMILES string of the molecule is CCSCCCn1c(C(=O)OC)cnc1C. The van der Waals surface area contributed by atoms with Crippen LogP contribution in [0.4, 0.5) is 0 Å². The van der Waals surface area contributed by atoms with Crippen LogP contribution in [0, 0.1) is 6.92 Å². The van der Waals surface area contributed by atoms with Crippen molar-refractivity contribution in [2.75, 3.05) is 18.6 Å². The monoisotopic (exact) mass is 242 g/mol. The maximum atomic E-state index is 11.4. The first-order chi connectivity index (χ1) is 7.70. The van der Waals surface area contributed by atoms with Crippen LogP contribution in [0.2, 0.25) is 0 Å². The highest BCUT2D eigenvalue weighted by molar-refractivity contribution is 7.99. The Morgan fingerprint density at radius 1 is 1.62 bits per heavy atom. The van der Waals surface area contributed by atoms with Crippen LogP contribution in [-0.4, -0.2) is 34.1 Å². The largest absolute Gasteiger partial charge is 0.464 e. The summed E-state index contributed by atoms with van der Waals surface area (Å²) < 4.78 is 6.63. The third-order valence-corrected chi connectivity index (χ3v) is 3.31. The molecule has 1 heterocycles. The Hall–Kier alpha value is -0.970. The maximum Gasteiger partial charge on any atom is 0.356 e. The molecule has 0 aliphatic carbocycles. The number of rotatable bonds is 6. The van der Waals surface area contributed by atoms with Crippen molar-refractivity contribution in [2.45, 2.75) is 26.8 Å². The molecule has 0 radical (unpaired) electrons. The van der Waals surface area contributed by atoms with Gasteiger partial charge in [0.1, 0.15) is 11.5 Å². The number of carbonyl (C=O) groups is 1. The quantitative estimate of drug-likeness (QED) is 0.566. The molecule has 0 N–H and O–H groups in total. The third-order valence-electron chi connectivity index (χ3n) is 2.32. The molecule has 0 saturated carbocycles. The summed E-state index contributed by atoms with van der Waals surface area (Å²) in [5.41, 5.74) is 0.543. The number of nitrogens with zero attached hydrogens (tertiary/aromatic N) is 2. The van der Waals surface area contributed by atoms with E-state index in [9.17, 15) is 4.79 Å². The average Bonchev–Trinajstić information content (AvgIpc) is 2.65. The number of imidazole rings is 1. The van der Waals surface area contributed by atoms with Gasteiger partial charge in [-0.15, -0.1) is 0 Å². The van der Waals surface area contributed by atoms with E-state index in [1.54, 1.807) is 6.20 Å². The van der Waals surface area contributed by atoms with Crippen LogP contribution in [-0.2, 0) is 11.3 Å². The number of ether oxygens (including phenoxy) is 1. The van der Waals surface area contributed by atoms with Crippen molar-refractivity contribution < 1.29 is 9.53 Å². The van der Waals surface area contributed by atoms with Crippen molar-refractivity contribution in [3.63, 3.8) is 0 Å². The fraction of sp³-hybridized carbons (Fsp3) is 0.636. The van der Waals surface area contributed by atoms with Gasteiger partial charge < -0.3 is 9.30 Å². The smallest absolute Gasteiger partial charge is 0.356 e. The fourth-order valence-corrected chi connectivity index (χ4v) is 2.11. The average molecular weight is 242 g/mol. The Labute approximate surface area is 100 Å². The van der Waals surface area contributed by atoms with E-state index in [2.05, 4.69) is 11.9 Å². The van der Waals surface area contributed by atoms with Gasteiger partial charge in [0.2, 0.25) is 0 Å². The number of aryl methyl sites for hydroxylation is 1. The van der Waals surface area contributed by atoms with Crippen LogP contribution < -0.4 is 0 Å². The molecule has 4 nitrogen and oxygen atoms in total. The standard InChI is InChI=1S/C11H18N2O2S/c1-4-16-7-5-6-13-9(2)12-8-10(13)11(14)15-3/h8H,4-7H2,1-3H3. The van der Waals surface area contributed by atoms with Crippen LogP contribution in [0.25, 0.3) is 0 Å². The summed E-state index contributed by atoms with van der Waals surface area (Å²) in [6.07, 6.45) is 2.62. The highest BCUT2D eigenvalue weighted by Gasteiger charge is 2.14. The van der Waals surface area contributed by atoms with Crippen LogP contribution in [0.1, 0.15) is 29.7 Å². The van der Waals surface area contributed by atoms with Crippen LogP contribution in [0.15, 0.2) is 6.20 Å². The second-order valence-electron chi connectivity index (χ2n) is 3.38. The normalized spacial score (nSPS) is 10.4. The molecule has 90 valence electrons. The molecule has 0 amide bonds. The number of methoxy groups -OCH3 is 1. The summed E-state index contributed by atoms with van der Waals surface area (Å²) in [5.74, 6) is 2.78. The van der Waals surface area contributed by atoms with Gasteiger partial charge >= 0.3 is 5.97 Å². The highest BCUT2D eigenvalue weighted by Crippen LogP contribution is 2.09. The maximum absolute atomic E-state index is 11.4. The highest BCUT2D eigenvalue weighted by atomic mass is 32.2. The van der Waals surface area contributed by atoms with E-state index in [4.69, 9.17) is 4.74 Å². The van der Waals surface area contributed by atoms with Gasteiger partial charge in [-0.2, -0.15) is 11.8 Å². The van der Waals surface area contributed by atoms with Crippen molar-refractivity contribution in [1.29, 1.82) is 0 Å². The summed E-state index contributed by atoms with van der Waals surface area (Å²) in [7, 11) is 1.39. The molecule has 0 aromatic carbocycles. The topological polar surface area (TPSA) is 44.1 Å². The zero-order chi connectivity index (χ0) is 12.0. The summed E-state index contributed by atoms with van der Waals surface area (Å²) in [4.78, 5) is 15.6. The summed E-state index contributed by atoms with van der Waals surface area (Å²) >= 11 is 1.91. The predicted molar refractivity (Wildman–Crippen MR) is 65.9 cm³/mol. The molecular formula is C11H18N2O2S. The fourth-order valence-electron chi connectivity index (χ4n) is 1.49. The molecule has 0 saturated heterocycles. The second-order valence-corrected chi connectivity index (χ2v) is 4.78. The number of hydrogen-bond donors (Lipinski definition) is 0. The first-order valence-corrected chi connectivity index (χ1v) is 6.54. The van der Waals surface area contributed by atoms with Gasteiger partial charge in [-0.3, -0.25) is 0 Å². The number of esters is 1. The van der Waals surface area contributed by atoms with Gasteiger partial charge in [0.15, 0.2) is 0 Å². The van der Waals surface area contributed by atoms with Gasteiger partial charge in [-0.25, -0.2) is 9.78 Å². The first-order valence-electron chi connectivity index (χ1n) is 5.38. The van der Waals surface area contributed by atoms with Gasteiger partial charge in [-0.1, -0.05) is 6.92 Å². The molecule has 0 atom stereocenters. The minimum absolute atomic E-state index is 0.316. The van der Waals surface area contributed by atoms with E-state index in [1.165, 1.54) is 7.11 Å². The van der Waals surface area contributed by atoms with Crippen molar-refractivity contribution in [2.24, 2.45) is 0 Å². The minimum atomic E-state index is -0.316. The Kier molecular flexibility index (Phi) is 5.38. The molecule has 0 fully saturated rings. The number of carbonyl (C=O) groups excluding carboxylic acids is 1. The zero-order valence-electron chi connectivity index (χ0n) is 10.0. The molecule has 1 aromatic rings. The van der Waals surface area contributed by atoms with Crippen molar-refractivity contribution in [1.82, 2.24) is 9.55 Å². The van der Waals surface area contributed by atoms with Crippen LogP contribution in [0.3, 0.4) is 0 Å². The lowest BCUT2D eigenvalue weighted by atomic mass is 10.4. The molecule has 0 aliphatic rings. The summed E-state index contributed by atoms with van der Waals surface area (Å²) in [5, 5.41) is 0. The lowest BCUT2D eigenvalue weighted by Gasteiger charge is -2.08. The molecule has 0 spiro atoms. The van der Waals surface area contributed by atoms with Crippen molar-refractivity contribution in [3.05, 3.63) is 17.7 Å². The minimum Gasteiger partial charge on any atom is -0.464 e. The van der Waals surface area contributed by atoms with Crippen molar-refractivity contribution >= 4 is 17.7 Å². The van der Waals surface area contributed by atoms with E-state index in [0.29, 0.717) is 5.69 Å². The molecule has 16 heavy (non-hydrogen) atoms. The zero-order valence-corrected chi connectivity index (χ0v) is 10.8. The Balaban J connectivity index is 2.63. The van der Waals surface area contributed by atoms with Gasteiger partial charge in [-0.05, 0) is 24.9 Å². The summed E-state index contributed by atoms with van der Waals surface area (Å²) in [6, 6.07) is 0. The second kappa shape index (κ2) is 6.58. The van der Waals surface area contributed by atoms with E-state index < -0.39 is 0 Å². The number of aromatic nitrogens is 2. The Morgan fingerprint density at radius 3 is 3.00 bits per heavy atom. The molecule has 1 aromatic heterocycles. The predicted octanol–water partition coefficient (Wildman–Crippen LogP) is 2.12.